The van der Waals surface area contributed by atoms with Crippen LogP contribution in [0.25, 0.3) is 5.69 Å². The van der Waals surface area contributed by atoms with Gasteiger partial charge in [0.1, 0.15) is 24.2 Å². The maximum atomic E-state index is 14.7. The zero-order chi connectivity index (χ0) is 20.4. The average Bonchev–Trinajstić information content (AvgIpc) is 3.18. The fraction of sp³-hybridized carbons (Fsp3) is 0.368. The SMILES string of the molecule is COC(=O)C1=C(C)N(CC(C)C)C(=O)NC1c1ccc(-n2cncn2)c(F)c1. The van der Waals surface area contributed by atoms with E-state index in [2.05, 4.69) is 15.4 Å². The summed E-state index contributed by atoms with van der Waals surface area (Å²) in [4.78, 5) is 30.4. The number of urea groups is 1. The minimum absolute atomic E-state index is 0.204. The van der Waals surface area contributed by atoms with Crippen LogP contribution in [0, 0.1) is 11.7 Å². The zero-order valence-electron chi connectivity index (χ0n) is 16.1. The molecule has 28 heavy (non-hydrogen) atoms. The van der Waals surface area contributed by atoms with Gasteiger partial charge in [-0.1, -0.05) is 19.9 Å². The molecule has 2 heterocycles. The number of allylic oxidation sites excluding steroid dienone is 1. The molecular weight excluding hydrogens is 365 g/mol. The van der Waals surface area contributed by atoms with Crippen molar-refractivity contribution in [1.29, 1.82) is 0 Å². The van der Waals surface area contributed by atoms with Gasteiger partial charge in [-0.05, 0) is 30.5 Å². The molecule has 3 rings (SSSR count). The van der Waals surface area contributed by atoms with E-state index in [1.165, 1.54) is 41.5 Å². The van der Waals surface area contributed by atoms with Crippen LogP contribution < -0.4 is 5.32 Å². The third kappa shape index (κ3) is 3.60. The summed E-state index contributed by atoms with van der Waals surface area (Å²) in [5.41, 5.74) is 1.41. The second kappa shape index (κ2) is 7.79. The van der Waals surface area contributed by atoms with Gasteiger partial charge in [-0.3, -0.25) is 4.90 Å². The molecule has 0 bridgehead atoms. The monoisotopic (exact) mass is 387 g/mol. The Labute approximate surface area is 162 Å². The highest BCUT2D eigenvalue weighted by atomic mass is 19.1. The number of amides is 2. The highest BCUT2D eigenvalue weighted by Gasteiger charge is 2.36. The van der Waals surface area contributed by atoms with Crippen molar-refractivity contribution in [3.63, 3.8) is 0 Å². The van der Waals surface area contributed by atoms with E-state index in [-0.39, 0.29) is 23.2 Å². The number of nitrogens with zero attached hydrogens (tertiary/aromatic N) is 4. The minimum atomic E-state index is -0.817. The van der Waals surface area contributed by atoms with E-state index >= 15 is 0 Å². The molecule has 1 atom stereocenters. The number of aromatic nitrogens is 3. The number of ether oxygens (including phenoxy) is 1. The molecule has 0 fully saturated rings. The molecule has 1 unspecified atom stereocenters. The third-order valence-corrected chi connectivity index (χ3v) is 4.52. The summed E-state index contributed by atoms with van der Waals surface area (Å²) >= 11 is 0. The topological polar surface area (TPSA) is 89.4 Å². The van der Waals surface area contributed by atoms with Crippen LogP contribution in [-0.4, -0.2) is 45.3 Å². The number of benzene rings is 1. The summed E-state index contributed by atoms with van der Waals surface area (Å²) < 4.78 is 20.9. The van der Waals surface area contributed by atoms with Crippen molar-refractivity contribution in [1.82, 2.24) is 25.0 Å². The predicted octanol–water partition coefficient (Wildman–Crippen LogP) is 2.58. The fourth-order valence-corrected chi connectivity index (χ4v) is 3.21. The van der Waals surface area contributed by atoms with Gasteiger partial charge < -0.3 is 10.1 Å². The van der Waals surface area contributed by atoms with Crippen molar-refractivity contribution in [3.05, 3.63) is 53.5 Å². The first-order valence-corrected chi connectivity index (χ1v) is 8.85. The summed E-state index contributed by atoms with van der Waals surface area (Å²) in [5.74, 6) is -0.920. The van der Waals surface area contributed by atoms with E-state index in [1.807, 2.05) is 13.8 Å². The highest BCUT2D eigenvalue weighted by Crippen LogP contribution is 2.32. The second-order valence-corrected chi connectivity index (χ2v) is 6.93. The molecule has 148 valence electrons. The van der Waals surface area contributed by atoms with Gasteiger partial charge in [0.15, 0.2) is 0 Å². The zero-order valence-corrected chi connectivity index (χ0v) is 16.1. The minimum Gasteiger partial charge on any atom is -0.466 e. The van der Waals surface area contributed by atoms with Gasteiger partial charge in [0.2, 0.25) is 0 Å². The summed E-state index contributed by atoms with van der Waals surface area (Å²) in [6.07, 6.45) is 2.69. The number of carbonyl (C=O) groups is 2. The number of rotatable bonds is 5. The lowest BCUT2D eigenvalue weighted by Gasteiger charge is -2.36. The van der Waals surface area contributed by atoms with E-state index in [0.29, 0.717) is 17.8 Å². The smallest absolute Gasteiger partial charge is 0.337 e. The number of carbonyl (C=O) groups excluding carboxylic acids is 2. The molecule has 1 aromatic carbocycles. The van der Waals surface area contributed by atoms with Gasteiger partial charge in [0.05, 0.1) is 18.7 Å². The molecular formula is C19H22FN5O3. The van der Waals surface area contributed by atoms with Gasteiger partial charge in [-0.2, -0.15) is 5.10 Å². The molecule has 0 saturated heterocycles. The molecule has 2 amide bonds. The number of hydrogen-bond donors (Lipinski definition) is 1. The molecule has 1 aliphatic heterocycles. The molecule has 8 nitrogen and oxygen atoms in total. The molecule has 0 spiro atoms. The summed E-state index contributed by atoms with van der Waals surface area (Å²) in [7, 11) is 1.28. The maximum absolute atomic E-state index is 14.7. The third-order valence-electron chi connectivity index (χ3n) is 4.52. The molecule has 1 aliphatic rings. The number of esters is 1. The van der Waals surface area contributed by atoms with Crippen molar-refractivity contribution < 1.29 is 18.7 Å². The standard InChI is InChI=1S/C19H22FN5O3/c1-11(2)8-24-12(3)16(18(26)28-4)17(23-19(24)27)13-5-6-15(14(20)7-13)25-10-21-9-22-25/h5-7,9-11,17H,8H2,1-4H3,(H,23,27). The van der Waals surface area contributed by atoms with Gasteiger partial charge in [0.25, 0.3) is 0 Å². The van der Waals surface area contributed by atoms with E-state index in [9.17, 15) is 14.0 Å². The van der Waals surface area contributed by atoms with Crippen LogP contribution >= 0.6 is 0 Å². The Kier molecular flexibility index (Phi) is 5.43. The van der Waals surface area contributed by atoms with Gasteiger partial charge >= 0.3 is 12.0 Å². The van der Waals surface area contributed by atoms with E-state index < -0.39 is 17.8 Å². The molecule has 2 aromatic rings. The highest BCUT2D eigenvalue weighted by molar-refractivity contribution is 5.95. The lowest BCUT2D eigenvalue weighted by Crippen LogP contribution is -2.49. The van der Waals surface area contributed by atoms with Crippen molar-refractivity contribution in [2.75, 3.05) is 13.7 Å². The first kappa shape index (κ1) is 19.5. The van der Waals surface area contributed by atoms with Crippen molar-refractivity contribution in [2.24, 2.45) is 5.92 Å². The van der Waals surface area contributed by atoms with Crippen molar-refractivity contribution >= 4 is 12.0 Å². The molecule has 1 aromatic heterocycles. The summed E-state index contributed by atoms with van der Waals surface area (Å²) in [6, 6.07) is 3.28. The number of hydrogen-bond acceptors (Lipinski definition) is 5. The quantitative estimate of drug-likeness (QED) is 0.797. The van der Waals surface area contributed by atoms with Gasteiger partial charge in [-0.15, -0.1) is 0 Å². The Hall–Kier alpha value is -3.23. The number of nitrogens with one attached hydrogen (secondary N) is 1. The Morgan fingerprint density at radius 2 is 2.14 bits per heavy atom. The van der Waals surface area contributed by atoms with Crippen LogP contribution in [0.3, 0.4) is 0 Å². The largest absolute Gasteiger partial charge is 0.466 e. The van der Waals surface area contributed by atoms with E-state index in [1.54, 1.807) is 13.0 Å². The first-order chi connectivity index (χ1) is 13.3. The molecule has 9 heteroatoms. The molecule has 0 aliphatic carbocycles. The Morgan fingerprint density at radius 1 is 1.39 bits per heavy atom. The van der Waals surface area contributed by atoms with E-state index in [0.717, 1.165) is 0 Å². The first-order valence-electron chi connectivity index (χ1n) is 8.85. The van der Waals surface area contributed by atoms with Crippen LogP contribution in [0.2, 0.25) is 0 Å². The normalized spacial score (nSPS) is 17.1. The fourth-order valence-electron chi connectivity index (χ4n) is 3.21. The Balaban J connectivity index is 2.04. The van der Waals surface area contributed by atoms with Crippen molar-refractivity contribution in [3.8, 4) is 5.69 Å². The van der Waals surface area contributed by atoms with Gasteiger partial charge in [0, 0.05) is 12.2 Å². The number of halogens is 1. The maximum Gasteiger partial charge on any atom is 0.337 e. The lowest BCUT2D eigenvalue weighted by atomic mass is 9.94. The Morgan fingerprint density at radius 3 is 2.71 bits per heavy atom. The Bertz CT molecular complexity index is 924. The molecule has 0 radical (unpaired) electrons. The number of methoxy groups -OCH3 is 1. The van der Waals surface area contributed by atoms with Crippen LogP contribution in [0.5, 0.6) is 0 Å². The second-order valence-electron chi connectivity index (χ2n) is 6.93. The van der Waals surface area contributed by atoms with Crippen molar-refractivity contribution in [2.45, 2.75) is 26.8 Å². The van der Waals surface area contributed by atoms with Crippen LogP contribution in [-0.2, 0) is 9.53 Å². The summed E-state index contributed by atoms with van der Waals surface area (Å²) in [6.45, 7) is 6.09. The van der Waals surface area contributed by atoms with Crippen LogP contribution in [0.1, 0.15) is 32.4 Å². The van der Waals surface area contributed by atoms with E-state index in [4.69, 9.17) is 4.74 Å². The summed E-state index contributed by atoms with van der Waals surface area (Å²) in [5, 5.41) is 6.71. The lowest BCUT2D eigenvalue weighted by molar-refractivity contribution is -0.136. The van der Waals surface area contributed by atoms with Crippen LogP contribution in [0.15, 0.2) is 42.1 Å². The molecule has 1 N–H and O–H groups in total. The van der Waals surface area contributed by atoms with Gasteiger partial charge in [-0.25, -0.2) is 23.6 Å². The van der Waals surface area contributed by atoms with Crippen LogP contribution in [0.4, 0.5) is 9.18 Å². The molecule has 0 saturated carbocycles. The predicted molar refractivity (Wildman–Crippen MR) is 98.8 cm³/mol. The average molecular weight is 387 g/mol.